The van der Waals surface area contributed by atoms with E-state index < -0.39 is 15.4 Å². The van der Waals surface area contributed by atoms with Gasteiger partial charge in [0.25, 0.3) is 10.1 Å². The first-order valence-electron chi connectivity index (χ1n) is 13.2. The Balaban J connectivity index is 1.39. The van der Waals surface area contributed by atoms with Crippen molar-refractivity contribution in [2.24, 2.45) is 0 Å². The van der Waals surface area contributed by atoms with Crippen LogP contribution in [-0.4, -0.2) is 32.8 Å². The zero-order valence-electron chi connectivity index (χ0n) is 20.9. The van der Waals surface area contributed by atoms with Crippen molar-refractivity contribution < 1.29 is 13.0 Å². The van der Waals surface area contributed by atoms with E-state index in [1.807, 2.05) is 30.3 Å². The van der Waals surface area contributed by atoms with Crippen molar-refractivity contribution in [3.8, 4) is 10.6 Å². The first kappa shape index (κ1) is 27.7. The van der Waals surface area contributed by atoms with Crippen LogP contribution >= 0.6 is 11.3 Å². The number of unbranched alkanes of at least 4 members (excludes halogenated alkanes) is 13. The molecule has 3 aromatic rings. The third kappa shape index (κ3) is 8.95. The minimum absolute atomic E-state index is 0.190. The summed E-state index contributed by atoms with van der Waals surface area (Å²) in [4.78, 5) is 0.522. The van der Waals surface area contributed by atoms with Gasteiger partial charge in [-0.05, 0) is 6.42 Å². The second-order valence-electron chi connectivity index (χ2n) is 9.41. The van der Waals surface area contributed by atoms with E-state index >= 15 is 0 Å². The van der Waals surface area contributed by atoms with Gasteiger partial charge in [0.15, 0.2) is 5.82 Å². The van der Waals surface area contributed by atoms with Crippen LogP contribution in [0.15, 0.2) is 30.3 Å². The van der Waals surface area contributed by atoms with Crippen LogP contribution in [0.5, 0.6) is 0 Å². The molecule has 2 aromatic heterocycles. The smallest absolute Gasteiger partial charge is 0.275 e. The first-order valence-corrected chi connectivity index (χ1v) is 15.6. The molecule has 194 valence electrons. The normalized spacial score (nSPS) is 13.0. The lowest BCUT2D eigenvalue weighted by atomic mass is 10.0. The lowest BCUT2D eigenvalue weighted by Crippen LogP contribution is -2.16. The van der Waals surface area contributed by atoms with E-state index in [9.17, 15) is 13.0 Å². The molecule has 0 saturated carbocycles. The third-order valence-electron chi connectivity index (χ3n) is 6.50. The van der Waals surface area contributed by atoms with E-state index in [1.165, 1.54) is 86.5 Å². The topological polar surface area (TPSA) is 97.5 Å². The van der Waals surface area contributed by atoms with Crippen molar-refractivity contribution in [1.29, 1.82) is 0 Å². The minimum Gasteiger partial charge on any atom is -0.285 e. The Morgan fingerprint density at radius 1 is 0.829 bits per heavy atom. The summed E-state index contributed by atoms with van der Waals surface area (Å²) < 4.78 is 35.7. The number of aromatic nitrogens is 4. The van der Waals surface area contributed by atoms with E-state index in [0.717, 1.165) is 23.4 Å². The summed E-state index contributed by atoms with van der Waals surface area (Å²) in [6.07, 6.45) is 17.6. The fourth-order valence-corrected chi connectivity index (χ4v) is 6.20. The van der Waals surface area contributed by atoms with E-state index in [-0.39, 0.29) is 5.82 Å². The summed E-state index contributed by atoms with van der Waals surface area (Å²) in [5, 5.41) is 12.3. The summed E-state index contributed by atoms with van der Waals surface area (Å²) in [5.41, 5.74) is 0.935. The monoisotopic (exact) mass is 520 g/mol. The summed E-state index contributed by atoms with van der Waals surface area (Å²) in [5.74, 6) is 0.190. The minimum atomic E-state index is -4.31. The van der Waals surface area contributed by atoms with Gasteiger partial charge in [0.05, 0.1) is 0 Å². The fourth-order valence-electron chi connectivity index (χ4n) is 4.47. The molecule has 0 spiro atoms. The van der Waals surface area contributed by atoms with Gasteiger partial charge < -0.3 is 0 Å². The molecular formula is C26H40N4O3S2. The van der Waals surface area contributed by atoms with Crippen molar-refractivity contribution in [2.45, 2.75) is 108 Å². The molecule has 35 heavy (non-hydrogen) atoms. The summed E-state index contributed by atoms with van der Waals surface area (Å²) in [6.45, 7) is 2.25. The van der Waals surface area contributed by atoms with E-state index in [1.54, 1.807) is 0 Å². The molecule has 0 radical (unpaired) electrons. The van der Waals surface area contributed by atoms with Crippen LogP contribution in [0.4, 0.5) is 0 Å². The van der Waals surface area contributed by atoms with Crippen LogP contribution in [-0.2, 0) is 10.1 Å². The average Bonchev–Trinajstić information content (AvgIpc) is 3.43. The Hall–Kier alpha value is -1.84. The van der Waals surface area contributed by atoms with Crippen LogP contribution < -0.4 is 0 Å². The van der Waals surface area contributed by atoms with Crippen LogP contribution in [0.25, 0.3) is 15.5 Å². The van der Waals surface area contributed by atoms with Crippen LogP contribution in [0.3, 0.4) is 0 Å². The SMILES string of the molecule is CCCCCCCCCCCCCCCCC(c1nnc2sc(-c3ccccc3)nn12)S(=O)(=O)O. The van der Waals surface area contributed by atoms with Gasteiger partial charge in [-0.2, -0.15) is 18.0 Å². The van der Waals surface area contributed by atoms with E-state index in [2.05, 4.69) is 22.2 Å². The third-order valence-corrected chi connectivity index (χ3v) is 8.62. The summed E-state index contributed by atoms with van der Waals surface area (Å²) in [7, 11) is -4.31. The van der Waals surface area contributed by atoms with Crippen molar-refractivity contribution >= 4 is 26.4 Å². The largest absolute Gasteiger partial charge is 0.285 e. The molecule has 0 saturated heterocycles. The number of rotatable bonds is 18. The van der Waals surface area contributed by atoms with Gasteiger partial charge >= 0.3 is 0 Å². The molecule has 0 bridgehead atoms. The Kier molecular flexibility index (Phi) is 11.6. The summed E-state index contributed by atoms with van der Waals surface area (Å²) >= 11 is 1.35. The second-order valence-corrected chi connectivity index (χ2v) is 12.0. The first-order chi connectivity index (χ1) is 17.0. The summed E-state index contributed by atoms with van der Waals surface area (Å²) in [6, 6.07) is 9.67. The lowest BCUT2D eigenvalue weighted by molar-refractivity contribution is 0.452. The highest BCUT2D eigenvalue weighted by atomic mass is 32.2. The van der Waals surface area contributed by atoms with E-state index in [0.29, 0.717) is 17.8 Å². The number of hydrogen-bond acceptors (Lipinski definition) is 6. The maximum atomic E-state index is 12.2. The van der Waals surface area contributed by atoms with Gasteiger partial charge in [0.2, 0.25) is 4.96 Å². The molecule has 1 aromatic carbocycles. The highest BCUT2D eigenvalue weighted by molar-refractivity contribution is 7.86. The van der Waals surface area contributed by atoms with E-state index in [4.69, 9.17) is 0 Å². The predicted molar refractivity (Wildman–Crippen MR) is 143 cm³/mol. The average molecular weight is 521 g/mol. The zero-order valence-corrected chi connectivity index (χ0v) is 22.6. The molecule has 9 heteroatoms. The molecule has 1 unspecified atom stereocenters. The second kappa shape index (κ2) is 14.7. The highest BCUT2D eigenvalue weighted by Crippen LogP contribution is 2.31. The molecule has 3 rings (SSSR count). The molecule has 1 atom stereocenters. The highest BCUT2D eigenvalue weighted by Gasteiger charge is 2.31. The Morgan fingerprint density at radius 3 is 1.91 bits per heavy atom. The van der Waals surface area contributed by atoms with Gasteiger partial charge in [0, 0.05) is 5.56 Å². The lowest BCUT2D eigenvalue weighted by Gasteiger charge is -2.11. The number of benzene rings is 1. The quantitative estimate of drug-likeness (QED) is 0.137. The van der Waals surface area contributed by atoms with Gasteiger partial charge in [-0.1, -0.05) is 138 Å². The molecule has 0 fully saturated rings. The van der Waals surface area contributed by atoms with Crippen molar-refractivity contribution in [3.05, 3.63) is 36.2 Å². The molecule has 2 heterocycles. The van der Waals surface area contributed by atoms with Gasteiger partial charge in [-0.3, -0.25) is 4.55 Å². The Bertz CT molecular complexity index is 1100. The molecular weight excluding hydrogens is 480 g/mol. The Labute approximate surface area is 214 Å². The molecule has 0 aliphatic rings. The zero-order chi connectivity index (χ0) is 24.9. The molecule has 0 aliphatic carbocycles. The predicted octanol–water partition coefficient (Wildman–Crippen LogP) is 7.65. The standard InChI is InChI=1S/C26H40N4O3S2/c1-2-3-4-5-6-7-8-9-10-11-12-13-14-18-21-23(35(31,32)33)24-27-28-26-30(24)29-25(34-26)22-19-16-15-17-20-22/h15-17,19-20,23H,2-14,18,21H2,1H3,(H,31,32,33). The van der Waals surface area contributed by atoms with Crippen LogP contribution in [0.1, 0.15) is 114 Å². The maximum Gasteiger partial charge on any atom is 0.275 e. The molecule has 1 N–H and O–H groups in total. The maximum absolute atomic E-state index is 12.2. The van der Waals surface area contributed by atoms with Crippen LogP contribution in [0.2, 0.25) is 0 Å². The molecule has 7 nitrogen and oxygen atoms in total. The number of hydrogen-bond donors (Lipinski definition) is 1. The molecule has 0 amide bonds. The van der Waals surface area contributed by atoms with Crippen molar-refractivity contribution in [2.75, 3.05) is 0 Å². The van der Waals surface area contributed by atoms with Gasteiger partial charge in [0.1, 0.15) is 10.3 Å². The number of fused-ring (bicyclic) bond motifs is 1. The number of nitrogens with zero attached hydrogens (tertiary/aromatic N) is 4. The molecule has 0 aliphatic heterocycles. The van der Waals surface area contributed by atoms with Gasteiger partial charge in [-0.25, -0.2) is 0 Å². The Morgan fingerprint density at radius 2 is 1.37 bits per heavy atom. The fraction of sp³-hybridized carbons (Fsp3) is 0.654. The van der Waals surface area contributed by atoms with Crippen molar-refractivity contribution in [1.82, 2.24) is 19.8 Å². The van der Waals surface area contributed by atoms with Gasteiger partial charge in [-0.15, -0.1) is 10.2 Å². The van der Waals surface area contributed by atoms with Crippen LogP contribution in [0, 0.1) is 0 Å². The van der Waals surface area contributed by atoms with Crippen molar-refractivity contribution in [3.63, 3.8) is 0 Å².